The van der Waals surface area contributed by atoms with Gasteiger partial charge >= 0.3 is 0 Å². The van der Waals surface area contributed by atoms with Crippen molar-refractivity contribution in [2.24, 2.45) is 0 Å². The van der Waals surface area contributed by atoms with Crippen molar-refractivity contribution >= 4 is 17.0 Å². The number of ether oxygens (including phenoxy) is 1. The molecule has 4 rings (SSSR count). The standard InChI is InChI=1S/C20H25N5O4/c1-2-6-13(12-7-4-3-5-8-12)24-18-15-19(22-10-21-18)25(11-23-15)20-17(28)16(27)14(9-26)29-20/h3-5,7-8,10-11,13-14,16-17,20,26-28H,2,6,9H2,1H3,(H,21,22,24)/t13?,14-,16?,17+,20-/m1/s1. The Morgan fingerprint density at radius 3 is 2.62 bits per heavy atom. The van der Waals surface area contributed by atoms with Crippen molar-refractivity contribution in [3.63, 3.8) is 0 Å². The van der Waals surface area contributed by atoms with E-state index in [-0.39, 0.29) is 12.6 Å². The predicted octanol–water partition coefficient (Wildman–Crippen LogP) is 1.39. The van der Waals surface area contributed by atoms with E-state index in [0.717, 1.165) is 18.4 Å². The Morgan fingerprint density at radius 1 is 1.14 bits per heavy atom. The maximum atomic E-state index is 10.3. The van der Waals surface area contributed by atoms with E-state index in [4.69, 9.17) is 4.74 Å². The van der Waals surface area contributed by atoms with Gasteiger partial charge in [-0.1, -0.05) is 43.7 Å². The SMILES string of the molecule is CCCC(Nc1ncnc2c1ncn2[C@@H]1O[C@H](CO)C(O)[C@@H]1O)c1ccccc1. The molecule has 0 saturated carbocycles. The highest BCUT2D eigenvalue weighted by Gasteiger charge is 2.44. The summed E-state index contributed by atoms with van der Waals surface area (Å²) in [7, 11) is 0. The van der Waals surface area contributed by atoms with Gasteiger partial charge in [0, 0.05) is 0 Å². The fourth-order valence-electron chi connectivity index (χ4n) is 3.71. The number of benzene rings is 1. The summed E-state index contributed by atoms with van der Waals surface area (Å²) in [6, 6.07) is 10.2. The Balaban J connectivity index is 1.66. The molecule has 9 heteroatoms. The molecule has 0 aliphatic carbocycles. The highest BCUT2D eigenvalue weighted by atomic mass is 16.6. The number of nitrogens with zero attached hydrogens (tertiary/aromatic N) is 4. The summed E-state index contributed by atoms with van der Waals surface area (Å²) < 4.78 is 7.17. The number of nitrogens with one attached hydrogen (secondary N) is 1. The van der Waals surface area contributed by atoms with Crippen LogP contribution in [0.5, 0.6) is 0 Å². The number of fused-ring (bicyclic) bond motifs is 1. The van der Waals surface area contributed by atoms with Gasteiger partial charge in [0.15, 0.2) is 23.2 Å². The number of anilines is 1. The second-order valence-corrected chi connectivity index (χ2v) is 7.17. The van der Waals surface area contributed by atoms with Crippen molar-refractivity contribution in [3.05, 3.63) is 48.5 Å². The van der Waals surface area contributed by atoms with Gasteiger partial charge in [0.05, 0.1) is 19.0 Å². The second-order valence-electron chi connectivity index (χ2n) is 7.17. The summed E-state index contributed by atoms with van der Waals surface area (Å²) >= 11 is 0. The highest BCUT2D eigenvalue weighted by Crippen LogP contribution is 2.33. The molecular formula is C20H25N5O4. The van der Waals surface area contributed by atoms with E-state index >= 15 is 0 Å². The lowest BCUT2D eigenvalue weighted by Crippen LogP contribution is -2.33. The third kappa shape index (κ3) is 3.69. The number of aliphatic hydroxyl groups excluding tert-OH is 3. The van der Waals surface area contributed by atoms with Crippen LogP contribution in [0.25, 0.3) is 11.2 Å². The Hall–Kier alpha value is -2.59. The van der Waals surface area contributed by atoms with Crippen molar-refractivity contribution < 1.29 is 20.1 Å². The van der Waals surface area contributed by atoms with E-state index < -0.39 is 24.5 Å². The van der Waals surface area contributed by atoms with Crippen LogP contribution in [0, 0.1) is 0 Å². The molecule has 3 aromatic rings. The first-order valence-electron chi connectivity index (χ1n) is 9.75. The van der Waals surface area contributed by atoms with E-state index in [0.29, 0.717) is 17.0 Å². The smallest absolute Gasteiger partial charge is 0.167 e. The lowest BCUT2D eigenvalue weighted by Gasteiger charge is -2.20. The fourth-order valence-corrected chi connectivity index (χ4v) is 3.71. The first-order valence-corrected chi connectivity index (χ1v) is 9.75. The van der Waals surface area contributed by atoms with E-state index in [1.54, 1.807) is 4.57 Å². The van der Waals surface area contributed by atoms with E-state index in [2.05, 4.69) is 39.3 Å². The maximum absolute atomic E-state index is 10.3. The zero-order chi connectivity index (χ0) is 20.4. The van der Waals surface area contributed by atoms with Gasteiger partial charge in [-0.05, 0) is 12.0 Å². The molecule has 9 nitrogen and oxygen atoms in total. The summed E-state index contributed by atoms with van der Waals surface area (Å²) in [4.78, 5) is 13.1. The molecule has 3 heterocycles. The van der Waals surface area contributed by atoms with E-state index in [1.807, 2.05) is 18.2 Å². The zero-order valence-electron chi connectivity index (χ0n) is 16.1. The molecule has 0 radical (unpaired) electrons. The monoisotopic (exact) mass is 399 g/mol. The van der Waals surface area contributed by atoms with Gasteiger partial charge in [0.1, 0.15) is 24.6 Å². The van der Waals surface area contributed by atoms with Crippen LogP contribution in [-0.4, -0.2) is 59.8 Å². The Bertz CT molecular complexity index is 950. The summed E-state index contributed by atoms with van der Waals surface area (Å²) in [5.41, 5.74) is 2.17. The van der Waals surface area contributed by atoms with Gasteiger partial charge < -0.3 is 25.4 Å². The number of aromatic nitrogens is 4. The molecule has 0 spiro atoms. The molecule has 154 valence electrons. The molecule has 1 aromatic carbocycles. The minimum absolute atomic E-state index is 0.0679. The van der Waals surface area contributed by atoms with Gasteiger partial charge in [-0.2, -0.15) is 0 Å². The zero-order valence-corrected chi connectivity index (χ0v) is 16.1. The molecule has 0 bridgehead atoms. The molecule has 1 fully saturated rings. The van der Waals surface area contributed by atoms with Gasteiger partial charge in [-0.25, -0.2) is 15.0 Å². The molecular weight excluding hydrogens is 374 g/mol. The molecule has 1 aliphatic rings. The predicted molar refractivity (Wildman–Crippen MR) is 106 cm³/mol. The van der Waals surface area contributed by atoms with Crippen LogP contribution in [-0.2, 0) is 4.74 Å². The summed E-state index contributed by atoms with van der Waals surface area (Å²) in [6.45, 7) is 1.74. The summed E-state index contributed by atoms with van der Waals surface area (Å²) in [5.74, 6) is 0.586. The minimum atomic E-state index is -1.20. The molecule has 1 aliphatic heterocycles. The number of aliphatic hydroxyl groups is 3. The topological polar surface area (TPSA) is 126 Å². The van der Waals surface area contributed by atoms with Crippen molar-refractivity contribution in [1.82, 2.24) is 19.5 Å². The van der Waals surface area contributed by atoms with E-state index in [9.17, 15) is 15.3 Å². The average Bonchev–Trinajstić information content (AvgIpc) is 3.30. The normalized spacial score (nSPS) is 25.4. The van der Waals surface area contributed by atoms with Gasteiger partial charge in [0.2, 0.25) is 0 Å². The van der Waals surface area contributed by atoms with Crippen LogP contribution in [0.2, 0.25) is 0 Å². The fraction of sp³-hybridized carbons (Fsp3) is 0.450. The number of hydrogen-bond acceptors (Lipinski definition) is 8. The Morgan fingerprint density at radius 2 is 1.93 bits per heavy atom. The molecule has 4 N–H and O–H groups in total. The minimum Gasteiger partial charge on any atom is -0.394 e. The lowest BCUT2D eigenvalue weighted by atomic mass is 10.0. The van der Waals surface area contributed by atoms with Gasteiger partial charge in [-0.3, -0.25) is 4.57 Å². The van der Waals surface area contributed by atoms with Gasteiger partial charge in [-0.15, -0.1) is 0 Å². The molecule has 1 saturated heterocycles. The number of imidazole rings is 1. The number of hydrogen-bond donors (Lipinski definition) is 4. The third-order valence-corrected chi connectivity index (χ3v) is 5.24. The molecule has 29 heavy (non-hydrogen) atoms. The van der Waals surface area contributed by atoms with E-state index in [1.165, 1.54) is 12.7 Å². The molecule has 0 amide bonds. The van der Waals surface area contributed by atoms with Crippen molar-refractivity contribution in [2.45, 2.75) is 50.3 Å². The first kappa shape index (κ1) is 19.7. The summed E-state index contributed by atoms with van der Waals surface area (Å²) in [6.07, 6.45) is 0.708. The van der Waals surface area contributed by atoms with Crippen LogP contribution in [0.3, 0.4) is 0 Å². The van der Waals surface area contributed by atoms with Crippen molar-refractivity contribution in [1.29, 1.82) is 0 Å². The second kappa shape index (κ2) is 8.42. The molecule has 2 aromatic heterocycles. The first-order chi connectivity index (χ1) is 14.1. The molecule has 5 atom stereocenters. The molecule has 2 unspecified atom stereocenters. The van der Waals surface area contributed by atoms with Crippen molar-refractivity contribution in [3.8, 4) is 0 Å². The number of rotatable bonds is 7. The maximum Gasteiger partial charge on any atom is 0.167 e. The van der Waals surface area contributed by atoms with Crippen LogP contribution in [0.4, 0.5) is 5.82 Å². The van der Waals surface area contributed by atoms with Crippen molar-refractivity contribution in [2.75, 3.05) is 11.9 Å². The average molecular weight is 399 g/mol. The van der Waals surface area contributed by atoms with Crippen LogP contribution >= 0.6 is 0 Å². The quantitative estimate of drug-likeness (QED) is 0.470. The summed E-state index contributed by atoms with van der Waals surface area (Å²) in [5, 5.41) is 33.2. The highest BCUT2D eigenvalue weighted by molar-refractivity contribution is 5.83. The Kier molecular flexibility index (Phi) is 5.72. The van der Waals surface area contributed by atoms with Gasteiger partial charge in [0.25, 0.3) is 0 Å². The Labute approximate surface area is 168 Å². The lowest BCUT2D eigenvalue weighted by molar-refractivity contribution is -0.0511. The van der Waals surface area contributed by atoms with Crippen LogP contribution in [0.1, 0.15) is 37.6 Å². The van der Waals surface area contributed by atoms with Crippen LogP contribution < -0.4 is 5.32 Å². The third-order valence-electron chi connectivity index (χ3n) is 5.24. The van der Waals surface area contributed by atoms with Crippen LogP contribution in [0.15, 0.2) is 43.0 Å². The largest absolute Gasteiger partial charge is 0.394 e.